The summed E-state index contributed by atoms with van der Waals surface area (Å²) in [6, 6.07) is 4.27. The van der Waals surface area contributed by atoms with E-state index in [1.807, 2.05) is 44.1 Å². The minimum Gasteiger partial charge on any atom is -0.468 e. The fraction of sp³-hybridized carbons (Fsp3) is 0.667. The monoisotopic (exact) mass is 406 g/mol. The van der Waals surface area contributed by atoms with Crippen LogP contribution in [0.25, 0.3) is 0 Å². The average molecular weight is 406 g/mol. The van der Waals surface area contributed by atoms with Crippen molar-refractivity contribution >= 4 is 29.9 Å². The first-order valence-corrected chi connectivity index (χ1v) is 7.26. The zero-order valence-electron chi connectivity index (χ0n) is 13.5. The Balaban J connectivity index is 0.00000220. The van der Waals surface area contributed by atoms with Gasteiger partial charge in [-0.15, -0.1) is 24.0 Å². The molecule has 21 heavy (non-hydrogen) atoms. The van der Waals surface area contributed by atoms with Crippen molar-refractivity contribution in [1.29, 1.82) is 0 Å². The third-order valence-electron chi connectivity index (χ3n) is 3.66. The van der Waals surface area contributed by atoms with Crippen LogP contribution in [0.5, 0.6) is 0 Å². The second-order valence-corrected chi connectivity index (χ2v) is 5.70. The van der Waals surface area contributed by atoms with Crippen molar-refractivity contribution in [2.45, 2.75) is 18.9 Å². The van der Waals surface area contributed by atoms with Crippen molar-refractivity contribution in [3.63, 3.8) is 0 Å². The minimum absolute atomic E-state index is 0. The maximum atomic E-state index is 5.62. The Hall–Kier alpha value is -0.760. The first-order chi connectivity index (χ1) is 9.59. The number of halogens is 1. The van der Waals surface area contributed by atoms with Crippen LogP contribution in [0.15, 0.2) is 27.8 Å². The number of guanidine groups is 1. The van der Waals surface area contributed by atoms with E-state index < -0.39 is 0 Å². The van der Waals surface area contributed by atoms with Gasteiger partial charge in [0.1, 0.15) is 5.76 Å². The molecule has 0 spiro atoms. The van der Waals surface area contributed by atoms with E-state index in [1.54, 1.807) is 6.26 Å². The first-order valence-electron chi connectivity index (χ1n) is 7.26. The Kier molecular flexibility index (Phi) is 7.51. The van der Waals surface area contributed by atoms with Crippen molar-refractivity contribution in [3.05, 3.63) is 24.2 Å². The third kappa shape index (κ3) is 4.88. The molecule has 5 nitrogen and oxygen atoms in total. The molecule has 6 heteroatoms. The largest absolute Gasteiger partial charge is 0.468 e. The normalized spacial score (nSPS) is 16.2. The smallest absolute Gasteiger partial charge is 0.195 e. The fourth-order valence-electron chi connectivity index (χ4n) is 2.77. The number of likely N-dealkylation sites (tertiary alicyclic amines) is 1. The topological polar surface area (TPSA) is 35.2 Å². The lowest BCUT2D eigenvalue weighted by atomic mass is 10.2. The molecule has 1 fully saturated rings. The van der Waals surface area contributed by atoms with E-state index in [1.165, 1.54) is 12.8 Å². The van der Waals surface area contributed by atoms with E-state index in [0.29, 0.717) is 0 Å². The molecular formula is C15H27IN4O. The second-order valence-electron chi connectivity index (χ2n) is 5.70. The van der Waals surface area contributed by atoms with E-state index in [0.717, 1.165) is 31.4 Å². The van der Waals surface area contributed by atoms with Gasteiger partial charge in [-0.05, 0) is 38.1 Å². The number of rotatable bonds is 4. The molecule has 2 heterocycles. The average Bonchev–Trinajstić information content (AvgIpc) is 3.06. The molecule has 0 saturated carbocycles. The van der Waals surface area contributed by atoms with Gasteiger partial charge < -0.3 is 14.2 Å². The summed E-state index contributed by atoms with van der Waals surface area (Å²) >= 11 is 0. The molecule has 1 aliphatic rings. The Bertz CT molecular complexity index is 415. The molecule has 1 atom stereocenters. The predicted molar refractivity (Wildman–Crippen MR) is 97.3 cm³/mol. The Labute approximate surface area is 145 Å². The summed E-state index contributed by atoms with van der Waals surface area (Å²) in [4.78, 5) is 11.4. The SMILES string of the molecule is CN(C)C(=NCC(c1ccco1)N1CCCC1)N(C)C.I. The molecule has 0 bridgehead atoms. The summed E-state index contributed by atoms with van der Waals surface area (Å²) in [6.07, 6.45) is 4.30. The molecule has 1 aromatic rings. The van der Waals surface area contributed by atoms with Gasteiger partial charge in [0.25, 0.3) is 0 Å². The van der Waals surface area contributed by atoms with Gasteiger partial charge in [-0.3, -0.25) is 9.89 Å². The van der Waals surface area contributed by atoms with Crippen LogP contribution in [0.1, 0.15) is 24.6 Å². The van der Waals surface area contributed by atoms with Crippen LogP contribution < -0.4 is 0 Å². The molecule has 1 unspecified atom stereocenters. The summed E-state index contributed by atoms with van der Waals surface area (Å²) in [5, 5.41) is 0. The molecule has 0 aromatic carbocycles. The zero-order valence-corrected chi connectivity index (χ0v) is 15.8. The molecule has 0 aliphatic carbocycles. The number of nitrogens with zero attached hydrogens (tertiary/aromatic N) is 4. The number of hydrogen-bond acceptors (Lipinski definition) is 3. The zero-order chi connectivity index (χ0) is 14.5. The number of aliphatic imine (C=N–C) groups is 1. The van der Waals surface area contributed by atoms with Crippen molar-refractivity contribution < 1.29 is 4.42 Å². The quantitative estimate of drug-likeness (QED) is 0.438. The highest BCUT2D eigenvalue weighted by Crippen LogP contribution is 2.25. The Morgan fingerprint density at radius 3 is 2.33 bits per heavy atom. The lowest BCUT2D eigenvalue weighted by Crippen LogP contribution is -2.36. The van der Waals surface area contributed by atoms with Crippen LogP contribution in [-0.4, -0.2) is 68.5 Å². The van der Waals surface area contributed by atoms with Gasteiger partial charge in [0, 0.05) is 28.2 Å². The van der Waals surface area contributed by atoms with Gasteiger partial charge >= 0.3 is 0 Å². The maximum absolute atomic E-state index is 5.62. The molecule has 1 aromatic heterocycles. The lowest BCUT2D eigenvalue weighted by molar-refractivity contribution is 0.220. The van der Waals surface area contributed by atoms with Crippen molar-refractivity contribution in [1.82, 2.24) is 14.7 Å². The Morgan fingerprint density at radius 1 is 1.24 bits per heavy atom. The van der Waals surface area contributed by atoms with Crippen LogP contribution in [0.3, 0.4) is 0 Å². The number of furan rings is 1. The van der Waals surface area contributed by atoms with Crippen LogP contribution in [0, 0.1) is 0 Å². The molecule has 1 aliphatic heterocycles. The summed E-state index contributed by atoms with van der Waals surface area (Å²) < 4.78 is 5.62. The summed E-state index contributed by atoms with van der Waals surface area (Å²) in [5.74, 6) is 2.01. The lowest BCUT2D eigenvalue weighted by Gasteiger charge is -2.27. The predicted octanol–water partition coefficient (Wildman–Crippen LogP) is 2.51. The molecule has 2 rings (SSSR count). The highest BCUT2D eigenvalue weighted by atomic mass is 127. The first kappa shape index (κ1) is 18.3. The minimum atomic E-state index is 0. The van der Waals surface area contributed by atoms with Crippen LogP contribution in [0.4, 0.5) is 0 Å². The summed E-state index contributed by atoms with van der Waals surface area (Å²) in [5.41, 5.74) is 0. The van der Waals surface area contributed by atoms with Crippen molar-refractivity contribution in [2.75, 3.05) is 47.8 Å². The highest BCUT2D eigenvalue weighted by molar-refractivity contribution is 14.0. The third-order valence-corrected chi connectivity index (χ3v) is 3.66. The van der Waals surface area contributed by atoms with E-state index in [-0.39, 0.29) is 30.0 Å². The molecule has 0 N–H and O–H groups in total. The van der Waals surface area contributed by atoms with Crippen molar-refractivity contribution in [3.8, 4) is 0 Å². The molecule has 0 amide bonds. The van der Waals surface area contributed by atoms with Crippen LogP contribution in [-0.2, 0) is 0 Å². The van der Waals surface area contributed by atoms with Gasteiger partial charge in [-0.25, -0.2) is 0 Å². The van der Waals surface area contributed by atoms with E-state index in [2.05, 4.69) is 11.0 Å². The van der Waals surface area contributed by atoms with Gasteiger partial charge in [-0.1, -0.05) is 0 Å². The number of hydrogen-bond donors (Lipinski definition) is 0. The van der Waals surface area contributed by atoms with Crippen LogP contribution >= 0.6 is 24.0 Å². The van der Waals surface area contributed by atoms with Gasteiger partial charge in [-0.2, -0.15) is 0 Å². The Morgan fingerprint density at radius 2 is 1.86 bits per heavy atom. The van der Waals surface area contributed by atoms with E-state index in [9.17, 15) is 0 Å². The molecule has 1 saturated heterocycles. The summed E-state index contributed by atoms with van der Waals surface area (Å²) in [6.45, 7) is 3.01. The van der Waals surface area contributed by atoms with Crippen LogP contribution in [0.2, 0.25) is 0 Å². The van der Waals surface area contributed by atoms with Gasteiger partial charge in [0.15, 0.2) is 5.96 Å². The second kappa shape index (κ2) is 8.63. The highest BCUT2D eigenvalue weighted by Gasteiger charge is 2.25. The maximum Gasteiger partial charge on any atom is 0.195 e. The van der Waals surface area contributed by atoms with Gasteiger partial charge in [0.2, 0.25) is 0 Å². The molecular weight excluding hydrogens is 379 g/mol. The standard InChI is InChI=1S/C15H26N4O.HI/c1-17(2)15(18(3)4)16-12-13(14-8-7-11-20-14)19-9-5-6-10-19;/h7-8,11,13H,5-6,9-10,12H2,1-4H3;1H. The van der Waals surface area contributed by atoms with Crippen molar-refractivity contribution in [2.24, 2.45) is 4.99 Å². The van der Waals surface area contributed by atoms with E-state index in [4.69, 9.17) is 9.41 Å². The summed E-state index contributed by atoms with van der Waals surface area (Å²) in [7, 11) is 8.10. The molecule has 0 radical (unpaired) electrons. The fourth-order valence-corrected chi connectivity index (χ4v) is 2.77. The van der Waals surface area contributed by atoms with Gasteiger partial charge in [0.05, 0.1) is 18.8 Å². The molecule has 120 valence electrons. The van der Waals surface area contributed by atoms with E-state index >= 15 is 0 Å².